The molecule has 0 aliphatic rings. The molecule has 0 amide bonds. The smallest absolute Gasteiger partial charge is 0.261 e. The zero-order valence-electron chi connectivity index (χ0n) is 12.1. The first-order chi connectivity index (χ1) is 10.1. The van der Waals surface area contributed by atoms with Crippen LogP contribution in [0.25, 0.3) is 0 Å². The number of benzene rings is 2. The van der Waals surface area contributed by atoms with E-state index in [1.807, 2.05) is 13.0 Å². The van der Waals surface area contributed by atoms with Gasteiger partial charge in [-0.2, -0.15) is 0 Å². The standard InChI is InChI=1S/C14H16N2O4S2/c1-10-5-3-8-14(11(10)2)16-22(19,20)13-7-4-6-12(9-13)21(15,17)18/h3-9,16H,1-2H3,(H2,15,17,18). The van der Waals surface area contributed by atoms with E-state index < -0.39 is 20.0 Å². The van der Waals surface area contributed by atoms with Gasteiger partial charge in [-0.25, -0.2) is 22.0 Å². The first-order valence-electron chi connectivity index (χ1n) is 6.33. The van der Waals surface area contributed by atoms with Gasteiger partial charge < -0.3 is 0 Å². The lowest BCUT2D eigenvalue weighted by Crippen LogP contribution is -2.16. The number of hydrogen-bond donors (Lipinski definition) is 2. The summed E-state index contributed by atoms with van der Waals surface area (Å²) in [5.41, 5.74) is 2.19. The van der Waals surface area contributed by atoms with Crippen LogP contribution in [0.2, 0.25) is 0 Å². The Kier molecular flexibility index (Phi) is 4.28. The van der Waals surface area contributed by atoms with Crippen LogP contribution in [-0.4, -0.2) is 16.8 Å². The van der Waals surface area contributed by atoms with Crippen molar-refractivity contribution in [3.63, 3.8) is 0 Å². The highest BCUT2D eigenvalue weighted by atomic mass is 32.2. The molecule has 6 nitrogen and oxygen atoms in total. The molecule has 2 aromatic carbocycles. The third kappa shape index (κ3) is 3.46. The molecule has 0 aliphatic heterocycles. The summed E-state index contributed by atoms with van der Waals surface area (Å²) in [4.78, 5) is -0.420. The molecule has 2 rings (SSSR count). The van der Waals surface area contributed by atoms with Crippen LogP contribution >= 0.6 is 0 Å². The van der Waals surface area contributed by atoms with Crippen molar-refractivity contribution >= 4 is 25.7 Å². The summed E-state index contributed by atoms with van der Waals surface area (Å²) in [5, 5.41) is 5.02. The summed E-state index contributed by atoms with van der Waals surface area (Å²) < 4.78 is 49.9. The molecular formula is C14H16N2O4S2. The van der Waals surface area contributed by atoms with Crippen LogP contribution in [0.4, 0.5) is 5.69 Å². The monoisotopic (exact) mass is 340 g/mol. The second-order valence-electron chi connectivity index (χ2n) is 4.87. The molecule has 0 unspecified atom stereocenters. The Morgan fingerprint density at radius 2 is 1.50 bits per heavy atom. The van der Waals surface area contributed by atoms with E-state index in [0.29, 0.717) is 5.69 Å². The molecule has 0 atom stereocenters. The van der Waals surface area contributed by atoms with E-state index in [9.17, 15) is 16.8 Å². The average Bonchev–Trinajstić information content (AvgIpc) is 2.43. The summed E-state index contributed by atoms with van der Waals surface area (Å²) >= 11 is 0. The van der Waals surface area contributed by atoms with Crippen LogP contribution in [0, 0.1) is 13.8 Å². The third-order valence-corrected chi connectivity index (χ3v) is 5.57. The first-order valence-corrected chi connectivity index (χ1v) is 9.36. The third-order valence-electron chi connectivity index (χ3n) is 3.29. The van der Waals surface area contributed by atoms with E-state index in [-0.39, 0.29) is 9.79 Å². The minimum atomic E-state index is -3.97. The molecule has 0 aromatic heterocycles. The predicted octanol–water partition coefficient (Wildman–Crippen LogP) is 1.75. The Morgan fingerprint density at radius 3 is 2.14 bits per heavy atom. The highest BCUT2D eigenvalue weighted by Gasteiger charge is 2.18. The van der Waals surface area contributed by atoms with Gasteiger partial charge in [0.25, 0.3) is 10.0 Å². The number of primary sulfonamides is 1. The molecule has 0 aliphatic carbocycles. The van der Waals surface area contributed by atoms with Crippen molar-refractivity contribution in [2.45, 2.75) is 23.6 Å². The summed E-state index contributed by atoms with van der Waals surface area (Å²) in [6, 6.07) is 10.2. The maximum atomic E-state index is 12.4. The van der Waals surface area contributed by atoms with E-state index in [1.165, 1.54) is 18.2 Å². The quantitative estimate of drug-likeness (QED) is 0.884. The van der Waals surface area contributed by atoms with Gasteiger partial charge in [0.15, 0.2) is 0 Å². The zero-order valence-corrected chi connectivity index (χ0v) is 13.7. The molecule has 0 bridgehead atoms. The molecular weight excluding hydrogens is 324 g/mol. The lowest BCUT2D eigenvalue weighted by Gasteiger charge is -2.12. The summed E-state index contributed by atoms with van der Waals surface area (Å²) in [7, 11) is -7.87. The Bertz CT molecular complexity index is 920. The Labute approximate surface area is 130 Å². The first kappa shape index (κ1) is 16.5. The molecule has 2 aromatic rings. The zero-order chi connectivity index (χ0) is 16.5. The summed E-state index contributed by atoms with van der Waals surface area (Å²) in [6.45, 7) is 3.67. The van der Waals surface area contributed by atoms with Crippen LogP contribution in [0.1, 0.15) is 11.1 Å². The Hall–Kier alpha value is -1.90. The number of rotatable bonds is 4. The van der Waals surface area contributed by atoms with Gasteiger partial charge in [-0.1, -0.05) is 18.2 Å². The number of nitrogens with one attached hydrogen (secondary N) is 1. The van der Waals surface area contributed by atoms with Crippen molar-refractivity contribution in [3.05, 3.63) is 53.6 Å². The fourth-order valence-corrected chi connectivity index (χ4v) is 3.69. The lowest BCUT2D eigenvalue weighted by molar-refractivity contribution is 0.597. The minimum Gasteiger partial charge on any atom is -0.279 e. The van der Waals surface area contributed by atoms with Crippen molar-refractivity contribution in [2.75, 3.05) is 4.72 Å². The maximum absolute atomic E-state index is 12.4. The number of anilines is 1. The van der Waals surface area contributed by atoms with Crippen molar-refractivity contribution in [1.29, 1.82) is 0 Å². The summed E-state index contributed by atoms with van der Waals surface area (Å²) in [6.07, 6.45) is 0. The molecule has 22 heavy (non-hydrogen) atoms. The minimum absolute atomic E-state index is 0.167. The van der Waals surface area contributed by atoms with E-state index in [4.69, 9.17) is 5.14 Å². The van der Waals surface area contributed by atoms with Crippen LogP contribution in [0.5, 0.6) is 0 Å². The van der Waals surface area contributed by atoms with Crippen LogP contribution in [0.15, 0.2) is 52.3 Å². The van der Waals surface area contributed by atoms with Gasteiger partial charge in [0, 0.05) is 0 Å². The summed E-state index contributed by atoms with van der Waals surface area (Å²) in [5.74, 6) is 0. The lowest BCUT2D eigenvalue weighted by atomic mass is 10.1. The van der Waals surface area contributed by atoms with Crippen molar-refractivity contribution in [3.8, 4) is 0 Å². The number of nitrogens with two attached hydrogens (primary N) is 1. The average molecular weight is 340 g/mol. The molecule has 0 heterocycles. The van der Waals surface area contributed by atoms with Crippen molar-refractivity contribution < 1.29 is 16.8 Å². The highest BCUT2D eigenvalue weighted by molar-refractivity contribution is 7.93. The molecule has 3 N–H and O–H groups in total. The van der Waals surface area contributed by atoms with Gasteiger partial charge in [0.05, 0.1) is 15.5 Å². The van der Waals surface area contributed by atoms with Gasteiger partial charge in [-0.05, 0) is 49.2 Å². The largest absolute Gasteiger partial charge is 0.279 e. The molecule has 0 spiro atoms. The second-order valence-corrected chi connectivity index (χ2v) is 8.12. The van der Waals surface area contributed by atoms with Gasteiger partial charge in [-0.3, -0.25) is 4.72 Å². The SMILES string of the molecule is Cc1cccc(NS(=O)(=O)c2cccc(S(N)(=O)=O)c2)c1C. The van der Waals surface area contributed by atoms with E-state index in [0.717, 1.165) is 17.2 Å². The van der Waals surface area contributed by atoms with Gasteiger partial charge in [-0.15, -0.1) is 0 Å². The maximum Gasteiger partial charge on any atom is 0.261 e. The number of sulfonamides is 2. The normalized spacial score (nSPS) is 12.1. The topological polar surface area (TPSA) is 106 Å². The fourth-order valence-electron chi connectivity index (χ4n) is 1.88. The second kappa shape index (κ2) is 5.71. The number of aryl methyl sites for hydroxylation is 1. The molecule has 0 radical (unpaired) electrons. The van der Waals surface area contributed by atoms with E-state index in [2.05, 4.69) is 4.72 Å². The van der Waals surface area contributed by atoms with Crippen LogP contribution in [-0.2, 0) is 20.0 Å². The molecule has 8 heteroatoms. The fraction of sp³-hybridized carbons (Fsp3) is 0.143. The molecule has 0 saturated carbocycles. The van der Waals surface area contributed by atoms with E-state index >= 15 is 0 Å². The van der Waals surface area contributed by atoms with E-state index in [1.54, 1.807) is 19.1 Å². The van der Waals surface area contributed by atoms with Gasteiger partial charge >= 0.3 is 0 Å². The van der Waals surface area contributed by atoms with Gasteiger partial charge in [0.2, 0.25) is 10.0 Å². The van der Waals surface area contributed by atoms with Crippen LogP contribution in [0.3, 0.4) is 0 Å². The van der Waals surface area contributed by atoms with Crippen molar-refractivity contribution in [2.24, 2.45) is 5.14 Å². The molecule has 118 valence electrons. The number of hydrogen-bond acceptors (Lipinski definition) is 4. The Morgan fingerprint density at radius 1 is 0.909 bits per heavy atom. The van der Waals surface area contributed by atoms with Gasteiger partial charge in [0.1, 0.15) is 0 Å². The highest BCUT2D eigenvalue weighted by Crippen LogP contribution is 2.23. The van der Waals surface area contributed by atoms with Crippen molar-refractivity contribution in [1.82, 2.24) is 0 Å². The molecule has 0 saturated heterocycles. The molecule has 0 fully saturated rings. The Balaban J connectivity index is 2.46. The van der Waals surface area contributed by atoms with Crippen LogP contribution < -0.4 is 9.86 Å². The predicted molar refractivity (Wildman–Crippen MR) is 84.5 cm³/mol.